The Morgan fingerprint density at radius 3 is 2.50 bits per heavy atom. The van der Waals surface area contributed by atoms with Crippen LogP contribution in [0.25, 0.3) is 0 Å². The van der Waals surface area contributed by atoms with Gasteiger partial charge in [-0.25, -0.2) is 0 Å². The van der Waals surface area contributed by atoms with Crippen molar-refractivity contribution in [3.8, 4) is 0 Å². The Kier molecular flexibility index (Phi) is 5.19. The molecule has 1 aliphatic heterocycles. The number of piperidine rings is 1. The molecule has 1 aliphatic rings. The Bertz CT molecular complexity index is 113. The SMILES string of the molecule is C[SiH2]CC[SiH](C)N1CCCCC1. The van der Waals surface area contributed by atoms with Crippen molar-refractivity contribution in [2.45, 2.75) is 44.4 Å². The van der Waals surface area contributed by atoms with Gasteiger partial charge in [-0.2, -0.15) is 0 Å². The van der Waals surface area contributed by atoms with Gasteiger partial charge in [0.1, 0.15) is 8.96 Å². The van der Waals surface area contributed by atoms with E-state index in [2.05, 4.69) is 17.7 Å². The molecule has 1 atom stereocenters. The smallest absolute Gasteiger partial charge is 0.108 e. The maximum Gasteiger partial charge on any atom is 0.108 e. The summed E-state index contributed by atoms with van der Waals surface area (Å²) >= 11 is 0. The molecule has 1 unspecified atom stereocenters. The molecule has 1 rings (SSSR count). The van der Waals surface area contributed by atoms with Crippen molar-refractivity contribution in [3.05, 3.63) is 0 Å². The highest BCUT2D eigenvalue weighted by Crippen LogP contribution is 2.13. The highest BCUT2D eigenvalue weighted by molar-refractivity contribution is 6.55. The van der Waals surface area contributed by atoms with Crippen LogP contribution in [-0.4, -0.2) is 36.1 Å². The average Bonchev–Trinajstić information content (AvgIpc) is 2.15. The second-order valence-electron chi connectivity index (χ2n) is 4.09. The third-order valence-corrected chi connectivity index (χ3v) is 7.93. The summed E-state index contributed by atoms with van der Waals surface area (Å²) < 4.78 is 2.83. The quantitative estimate of drug-likeness (QED) is 0.623. The van der Waals surface area contributed by atoms with Crippen molar-refractivity contribution in [2.24, 2.45) is 0 Å². The van der Waals surface area contributed by atoms with E-state index in [4.69, 9.17) is 0 Å². The Hall–Kier alpha value is 0.394. The van der Waals surface area contributed by atoms with Crippen LogP contribution in [0.3, 0.4) is 0 Å². The molecule has 72 valence electrons. The standard InChI is InChI=1S/C9H23NSi2/c1-11-8-9-12(2)10-6-4-3-5-7-10/h12H,3-9,11H2,1-2H3. The molecule has 0 aliphatic carbocycles. The van der Waals surface area contributed by atoms with E-state index in [-0.39, 0.29) is 0 Å². The van der Waals surface area contributed by atoms with E-state index in [1.54, 1.807) is 12.1 Å². The molecule has 1 nitrogen and oxygen atoms in total. The van der Waals surface area contributed by atoms with E-state index < -0.39 is 8.96 Å². The van der Waals surface area contributed by atoms with Crippen LogP contribution in [0.2, 0.25) is 25.2 Å². The van der Waals surface area contributed by atoms with Crippen molar-refractivity contribution in [3.63, 3.8) is 0 Å². The summed E-state index contributed by atoms with van der Waals surface area (Å²) in [6.07, 6.45) is 4.43. The lowest BCUT2D eigenvalue weighted by atomic mass is 10.2. The van der Waals surface area contributed by atoms with E-state index >= 15 is 0 Å². The minimum atomic E-state index is -0.433. The van der Waals surface area contributed by atoms with Crippen molar-refractivity contribution in [1.29, 1.82) is 0 Å². The zero-order chi connectivity index (χ0) is 8.81. The number of rotatable bonds is 4. The van der Waals surface area contributed by atoms with Gasteiger partial charge < -0.3 is 4.57 Å². The molecule has 0 saturated carbocycles. The first-order chi connectivity index (χ1) is 5.84. The molecule has 1 saturated heterocycles. The lowest BCUT2D eigenvalue weighted by Crippen LogP contribution is -2.40. The predicted molar refractivity (Wildman–Crippen MR) is 62.5 cm³/mol. The van der Waals surface area contributed by atoms with Gasteiger partial charge in [-0.05, 0) is 25.9 Å². The molecular weight excluding hydrogens is 178 g/mol. The maximum absolute atomic E-state index is 2.83. The van der Waals surface area contributed by atoms with Crippen LogP contribution in [-0.2, 0) is 0 Å². The lowest BCUT2D eigenvalue weighted by Gasteiger charge is -2.31. The highest BCUT2D eigenvalue weighted by atomic mass is 28.3. The molecule has 12 heavy (non-hydrogen) atoms. The molecule has 0 radical (unpaired) electrons. The molecule has 0 N–H and O–H groups in total. The molecule has 1 fully saturated rings. The van der Waals surface area contributed by atoms with Gasteiger partial charge in [0.05, 0.1) is 0 Å². The van der Waals surface area contributed by atoms with Crippen LogP contribution in [0.4, 0.5) is 0 Å². The van der Waals surface area contributed by atoms with Crippen molar-refractivity contribution in [2.75, 3.05) is 13.1 Å². The fourth-order valence-electron chi connectivity index (χ4n) is 2.04. The minimum absolute atomic E-state index is 0.344. The lowest BCUT2D eigenvalue weighted by molar-refractivity contribution is 0.352. The van der Waals surface area contributed by atoms with E-state index in [9.17, 15) is 0 Å². The molecule has 3 heteroatoms. The van der Waals surface area contributed by atoms with E-state index in [1.807, 2.05) is 0 Å². The van der Waals surface area contributed by atoms with Gasteiger partial charge in [-0.15, -0.1) is 0 Å². The van der Waals surface area contributed by atoms with Gasteiger partial charge in [0.25, 0.3) is 0 Å². The predicted octanol–water partition coefficient (Wildman–Crippen LogP) is 1.46. The fourth-order valence-corrected chi connectivity index (χ4v) is 7.65. The van der Waals surface area contributed by atoms with Gasteiger partial charge in [0.15, 0.2) is 0 Å². The van der Waals surface area contributed by atoms with E-state index in [0.29, 0.717) is 9.52 Å². The normalized spacial score (nSPS) is 23.5. The molecule has 0 amide bonds. The maximum atomic E-state index is 2.83. The summed E-state index contributed by atoms with van der Waals surface area (Å²) in [6, 6.07) is 3.20. The topological polar surface area (TPSA) is 3.24 Å². The first-order valence-electron chi connectivity index (χ1n) is 5.58. The summed E-state index contributed by atoms with van der Waals surface area (Å²) in [5.41, 5.74) is 0. The monoisotopic (exact) mass is 201 g/mol. The van der Waals surface area contributed by atoms with Crippen molar-refractivity contribution in [1.82, 2.24) is 4.57 Å². The second-order valence-corrected chi connectivity index (χ2v) is 8.80. The van der Waals surface area contributed by atoms with Crippen molar-refractivity contribution < 1.29 is 0 Å². The summed E-state index contributed by atoms with van der Waals surface area (Å²) in [7, 11) is -0.0894. The number of hydrogen-bond acceptors (Lipinski definition) is 1. The Morgan fingerprint density at radius 1 is 1.25 bits per heavy atom. The largest absolute Gasteiger partial charge is 0.326 e. The molecule has 0 aromatic heterocycles. The fraction of sp³-hybridized carbons (Fsp3) is 1.00. The zero-order valence-electron chi connectivity index (χ0n) is 8.68. The summed E-state index contributed by atoms with van der Waals surface area (Å²) in [5, 5.41) is 0. The molecule has 0 spiro atoms. The molecule has 1 heterocycles. The third kappa shape index (κ3) is 3.41. The molecular formula is C9H23NSi2. The van der Waals surface area contributed by atoms with Crippen LogP contribution in [0.5, 0.6) is 0 Å². The van der Waals surface area contributed by atoms with Gasteiger partial charge in [0, 0.05) is 9.52 Å². The van der Waals surface area contributed by atoms with Crippen molar-refractivity contribution >= 4 is 18.5 Å². The first kappa shape index (κ1) is 10.5. The van der Waals surface area contributed by atoms with E-state index in [0.717, 1.165) is 0 Å². The zero-order valence-corrected chi connectivity index (χ0v) is 11.3. The molecule has 0 aromatic rings. The minimum Gasteiger partial charge on any atom is -0.326 e. The Balaban J connectivity index is 2.15. The van der Waals surface area contributed by atoms with E-state index in [1.165, 1.54) is 32.4 Å². The second kappa shape index (κ2) is 5.94. The number of nitrogens with zero attached hydrogens (tertiary/aromatic N) is 1. The van der Waals surface area contributed by atoms with Crippen LogP contribution in [0.15, 0.2) is 0 Å². The van der Waals surface area contributed by atoms with Gasteiger partial charge in [-0.3, -0.25) is 0 Å². The summed E-state index contributed by atoms with van der Waals surface area (Å²) in [6.45, 7) is 7.85. The average molecular weight is 201 g/mol. The third-order valence-electron chi connectivity index (χ3n) is 2.99. The van der Waals surface area contributed by atoms with Crippen LogP contribution < -0.4 is 0 Å². The summed E-state index contributed by atoms with van der Waals surface area (Å²) in [5.74, 6) is 0. The van der Waals surface area contributed by atoms with Crippen LogP contribution in [0.1, 0.15) is 19.3 Å². The Morgan fingerprint density at radius 2 is 1.92 bits per heavy atom. The molecule has 0 bridgehead atoms. The highest BCUT2D eigenvalue weighted by Gasteiger charge is 2.16. The van der Waals surface area contributed by atoms with Gasteiger partial charge in [0.2, 0.25) is 0 Å². The summed E-state index contributed by atoms with van der Waals surface area (Å²) in [4.78, 5) is 0. The van der Waals surface area contributed by atoms with Crippen LogP contribution in [0, 0.1) is 0 Å². The number of hydrogen-bond donors (Lipinski definition) is 0. The first-order valence-corrected chi connectivity index (χ1v) is 10.5. The Labute approximate surface area is 81.0 Å². The van der Waals surface area contributed by atoms with Gasteiger partial charge in [-0.1, -0.05) is 31.6 Å². The molecule has 0 aromatic carbocycles. The van der Waals surface area contributed by atoms with Crippen LogP contribution >= 0.6 is 0 Å². The van der Waals surface area contributed by atoms with Gasteiger partial charge >= 0.3 is 0 Å².